The molecule has 0 saturated carbocycles. The van der Waals surface area contributed by atoms with Crippen molar-refractivity contribution in [1.82, 2.24) is 25.6 Å². The van der Waals surface area contributed by atoms with Crippen LogP contribution in [-0.4, -0.2) is 33.4 Å². The van der Waals surface area contributed by atoms with Crippen LogP contribution in [0.4, 0.5) is 0 Å². The number of likely N-dealkylation sites (N-methyl/N-ethyl adjacent to an activating group) is 1. The highest BCUT2D eigenvalue weighted by Gasteiger charge is 2.13. The summed E-state index contributed by atoms with van der Waals surface area (Å²) in [5, 5.41) is 15.1. The van der Waals surface area contributed by atoms with E-state index in [0.29, 0.717) is 42.3 Å². The summed E-state index contributed by atoms with van der Waals surface area (Å²) in [6.45, 7) is 2.07. The molecular weight excluding hydrogens is 302 g/mol. The molecule has 0 aliphatic heterocycles. The molecule has 1 N–H and O–H groups in total. The summed E-state index contributed by atoms with van der Waals surface area (Å²) >= 11 is 1.60. The number of aryl methyl sites for hydroxylation is 2. The Hall–Kier alpha value is -2.06. The number of nitrogens with one attached hydrogen (secondary N) is 1. The Morgan fingerprint density at radius 1 is 1.18 bits per heavy atom. The minimum atomic E-state index is 0.314. The van der Waals surface area contributed by atoms with E-state index in [1.807, 2.05) is 23.9 Å². The van der Waals surface area contributed by atoms with Gasteiger partial charge in [0.2, 0.25) is 17.6 Å². The highest BCUT2D eigenvalue weighted by atomic mass is 32.1. The van der Waals surface area contributed by atoms with E-state index >= 15 is 0 Å². The summed E-state index contributed by atoms with van der Waals surface area (Å²) in [6, 6.07) is 2.28. The van der Waals surface area contributed by atoms with E-state index in [-0.39, 0.29) is 0 Å². The normalized spacial score (nSPS) is 12.6. The first-order valence-electron chi connectivity index (χ1n) is 7.08. The van der Waals surface area contributed by atoms with Gasteiger partial charge in [-0.05, 0) is 25.4 Å². The molecule has 0 saturated heterocycles. The van der Waals surface area contributed by atoms with Crippen molar-refractivity contribution in [1.29, 1.82) is 0 Å². The van der Waals surface area contributed by atoms with E-state index < -0.39 is 0 Å². The summed E-state index contributed by atoms with van der Waals surface area (Å²) in [5.74, 6) is 2.49. The van der Waals surface area contributed by atoms with Crippen molar-refractivity contribution in [2.45, 2.75) is 32.2 Å². The average molecular weight is 319 g/mol. The maximum absolute atomic E-state index is 5.24. The van der Waals surface area contributed by atoms with E-state index in [1.165, 1.54) is 0 Å². The van der Waals surface area contributed by atoms with Crippen molar-refractivity contribution in [3.05, 3.63) is 34.4 Å². The topological polar surface area (TPSA) is 89.9 Å². The monoisotopic (exact) mass is 319 g/mol. The van der Waals surface area contributed by atoms with Crippen LogP contribution < -0.4 is 5.32 Å². The smallest absolute Gasteiger partial charge is 0.227 e. The van der Waals surface area contributed by atoms with Gasteiger partial charge >= 0.3 is 0 Å². The van der Waals surface area contributed by atoms with Crippen LogP contribution >= 0.6 is 11.3 Å². The van der Waals surface area contributed by atoms with Gasteiger partial charge in [0.25, 0.3) is 0 Å². The number of nitrogens with zero attached hydrogens (tertiary/aromatic N) is 4. The molecule has 3 aromatic rings. The van der Waals surface area contributed by atoms with Crippen molar-refractivity contribution in [2.24, 2.45) is 0 Å². The number of aromatic nitrogens is 4. The van der Waals surface area contributed by atoms with Gasteiger partial charge in [-0.25, -0.2) is 0 Å². The van der Waals surface area contributed by atoms with Crippen LogP contribution in [-0.2, 0) is 19.3 Å². The molecule has 0 amide bonds. The molecule has 8 heteroatoms. The maximum Gasteiger partial charge on any atom is 0.227 e. The summed E-state index contributed by atoms with van der Waals surface area (Å²) in [4.78, 5) is 8.73. The second-order valence-corrected chi connectivity index (χ2v) is 5.80. The Morgan fingerprint density at radius 3 is 2.68 bits per heavy atom. The zero-order valence-corrected chi connectivity index (χ0v) is 13.3. The molecule has 0 radical (unpaired) electrons. The van der Waals surface area contributed by atoms with Crippen LogP contribution in [0.2, 0.25) is 0 Å². The van der Waals surface area contributed by atoms with Gasteiger partial charge in [0.05, 0.1) is 0 Å². The van der Waals surface area contributed by atoms with Gasteiger partial charge in [0.1, 0.15) is 0 Å². The largest absolute Gasteiger partial charge is 0.339 e. The lowest BCUT2D eigenvalue weighted by Gasteiger charge is -2.04. The summed E-state index contributed by atoms with van der Waals surface area (Å²) in [6.07, 6.45) is 1.91. The second-order valence-electron chi connectivity index (χ2n) is 5.02. The molecule has 0 bridgehead atoms. The van der Waals surface area contributed by atoms with E-state index in [2.05, 4.69) is 32.5 Å². The lowest BCUT2D eigenvalue weighted by Crippen LogP contribution is -2.24. The van der Waals surface area contributed by atoms with Crippen LogP contribution in [0.25, 0.3) is 11.4 Å². The van der Waals surface area contributed by atoms with Gasteiger partial charge in [-0.3, -0.25) is 0 Å². The van der Waals surface area contributed by atoms with Gasteiger partial charge < -0.3 is 14.4 Å². The maximum atomic E-state index is 5.24. The van der Waals surface area contributed by atoms with E-state index in [9.17, 15) is 0 Å². The van der Waals surface area contributed by atoms with Crippen LogP contribution in [0, 0.1) is 0 Å². The molecule has 0 aromatic carbocycles. The molecule has 0 aliphatic rings. The van der Waals surface area contributed by atoms with Crippen LogP contribution in [0.1, 0.15) is 24.5 Å². The quantitative estimate of drug-likeness (QED) is 0.713. The molecule has 0 fully saturated rings. The molecule has 0 aliphatic carbocycles. The predicted molar refractivity (Wildman–Crippen MR) is 81.5 cm³/mol. The third-order valence-corrected chi connectivity index (χ3v) is 3.98. The lowest BCUT2D eigenvalue weighted by atomic mass is 10.2. The van der Waals surface area contributed by atoms with Crippen LogP contribution in [0.3, 0.4) is 0 Å². The molecule has 116 valence electrons. The Labute approximate surface area is 131 Å². The first-order chi connectivity index (χ1) is 10.7. The van der Waals surface area contributed by atoms with Crippen molar-refractivity contribution in [3.63, 3.8) is 0 Å². The van der Waals surface area contributed by atoms with E-state index in [0.717, 1.165) is 12.0 Å². The van der Waals surface area contributed by atoms with Gasteiger partial charge in [-0.15, -0.1) is 0 Å². The first-order valence-corrected chi connectivity index (χ1v) is 8.02. The number of hydrogen-bond acceptors (Lipinski definition) is 8. The zero-order valence-electron chi connectivity index (χ0n) is 12.4. The Bertz CT molecular complexity index is 706. The second kappa shape index (κ2) is 6.80. The highest BCUT2D eigenvalue weighted by Crippen LogP contribution is 2.19. The number of thiophene rings is 1. The fourth-order valence-corrected chi connectivity index (χ4v) is 2.56. The minimum absolute atomic E-state index is 0.314. The zero-order chi connectivity index (χ0) is 15.4. The van der Waals surface area contributed by atoms with Gasteiger partial charge in [-0.1, -0.05) is 10.3 Å². The van der Waals surface area contributed by atoms with Crippen molar-refractivity contribution >= 4 is 11.3 Å². The fraction of sp³-hybridized carbons (Fsp3) is 0.429. The molecule has 3 aromatic heterocycles. The average Bonchev–Trinajstić information content (AvgIpc) is 3.26. The molecule has 0 spiro atoms. The lowest BCUT2D eigenvalue weighted by molar-refractivity contribution is 0.351. The Kier molecular flexibility index (Phi) is 4.59. The van der Waals surface area contributed by atoms with Crippen molar-refractivity contribution < 1.29 is 9.05 Å². The highest BCUT2D eigenvalue weighted by molar-refractivity contribution is 7.08. The molecule has 3 heterocycles. The molecule has 22 heavy (non-hydrogen) atoms. The van der Waals surface area contributed by atoms with Crippen molar-refractivity contribution in [3.8, 4) is 11.4 Å². The molecule has 1 atom stereocenters. The van der Waals surface area contributed by atoms with Crippen molar-refractivity contribution in [2.75, 3.05) is 7.05 Å². The van der Waals surface area contributed by atoms with Crippen LogP contribution in [0.5, 0.6) is 0 Å². The Balaban J connectivity index is 1.56. The number of hydrogen-bond donors (Lipinski definition) is 1. The molecule has 7 nitrogen and oxygen atoms in total. The third-order valence-electron chi connectivity index (χ3n) is 3.29. The summed E-state index contributed by atoms with van der Waals surface area (Å²) < 4.78 is 10.5. The van der Waals surface area contributed by atoms with Gasteiger partial charge in [0, 0.05) is 36.2 Å². The third kappa shape index (κ3) is 3.58. The van der Waals surface area contributed by atoms with Gasteiger partial charge in [-0.2, -0.15) is 21.3 Å². The summed E-state index contributed by atoms with van der Waals surface area (Å²) in [7, 11) is 1.91. The molecular formula is C14H17N5O2S. The standard InChI is InChI=1S/C14H17N5O2S/c1-9(15-2)7-11-16-12(20-18-11)3-4-13-17-14(19-21-13)10-5-6-22-8-10/h5-6,8-9,15H,3-4,7H2,1-2H3. The van der Waals surface area contributed by atoms with E-state index in [1.54, 1.807) is 11.3 Å². The SMILES string of the molecule is CNC(C)Cc1noc(CCc2nc(-c3ccsc3)no2)n1. The fourth-order valence-electron chi connectivity index (χ4n) is 1.93. The minimum Gasteiger partial charge on any atom is -0.339 e. The van der Waals surface area contributed by atoms with Crippen LogP contribution in [0.15, 0.2) is 25.9 Å². The number of rotatable bonds is 7. The predicted octanol–water partition coefficient (Wildman–Crippen LogP) is 2.12. The summed E-state index contributed by atoms with van der Waals surface area (Å²) in [5.41, 5.74) is 0.973. The van der Waals surface area contributed by atoms with Gasteiger partial charge in [0.15, 0.2) is 5.82 Å². The van der Waals surface area contributed by atoms with E-state index in [4.69, 9.17) is 9.05 Å². The molecule has 3 rings (SSSR count). The first kappa shape index (κ1) is 14.9. The molecule has 1 unspecified atom stereocenters. The Morgan fingerprint density at radius 2 is 1.95 bits per heavy atom.